The standard InChI is InChI=1S/C20H14.2Li/c1-2-8-15(9-3-1)20-18-12-6-4-10-16(18)14-17-11-5-7-13-19(17)20;;/h1-14H;;/q-2;2*+1. The van der Waals surface area contributed by atoms with Crippen molar-refractivity contribution in [1.29, 1.82) is 0 Å². The van der Waals surface area contributed by atoms with Gasteiger partial charge in [-0.05, 0) is 0 Å². The van der Waals surface area contributed by atoms with Gasteiger partial charge in [0.25, 0.3) is 0 Å². The Bertz CT molecular complexity index is 705. The van der Waals surface area contributed by atoms with Crippen molar-refractivity contribution in [3.8, 4) is 0 Å². The Morgan fingerprint density at radius 2 is 1.00 bits per heavy atom. The maximum Gasteiger partial charge on any atom is 1.00 e. The number of hydrogen-bond donors (Lipinski definition) is 0. The van der Waals surface area contributed by atoms with E-state index in [1.165, 1.54) is 33.7 Å². The maximum atomic E-state index is 2.27. The zero-order valence-electron chi connectivity index (χ0n) is 13.1. The van der Waals surface area contributed by atoms with Crippen LogP contribution in [0, 0.1) is 12.3 Å². The van der Waals surface area contributed by atoms with Gasteiger partial charge < -0.3 is 0 Å². The maximum absolute atomic E-state index is 2.27. The molecular weight excluding hydrogens is 254 g/mol. The van der Waals surface area contributed by atoms with Crippen LogP contribution in [0.3, 0.4) is 0 Å². The Morgan fingerprint density at radius 3 is 1.55 bits per heavy atom. The molecule has 0 fully saturated rings. The number of hydrogen-bond acceptors (Lipinski definition) is 0. The van der Waals surface area contributed by atoms with Gasteiger partial charge in [-0.15, -0.1) is 72.1 Å². The van der Waals surface area contributed by atoms with E-state index in [4.69, 9.17) is 0 Å². The average Bonchev–Trinajstić information content (AvgIpc) is 2.53. The van der Waals surface area contributed by atoms with Crippen molar-refractivity contribution in [3.05, 3.63) is 119 Å². The summed E-state index contributed by atoms with van der Waals surface area (Å²) >= 11 is 0. The Morgan fingerprint density at radius 1 is 0.545 bits per heavy atom. The van der Waals surface area contributed by atoms with Crippen LogP contribution in [-0.2, 0) is 0 Å². The molecule has 0 bridgehead atoms. The van der Waals surface area contributed by atoms with Crippen LogP contribution in [0.5, 0.6) is 0 Å². The van der Waals surface area contributed by atoms with Gasteiger partial charge in [-0.25, -0.2) is 0 Å². The minimum absolute atomic E-state index is 0. The van der Waals surface area contributed by atoms with Crippen molar-refractivity contribution in [3.63, 3.8) is 0 Å². The van der Waals surface area contributed by atoms with Crippen molar-refractivity contribution >= 4 is 0 Å². The van der Waals surface area contributed by atoms with E-state index >= 15 is 0 Å². The van der Waals surface area contributed by atoms with Gasteiger partial charge in [-0.1, -0.05) is 18.2 Å². The molecule has 4 rings (SSSR count). The second-order valence-corrected chi connectivity index (χ2v) is 5.06. The zero-order valence-corrected chi connectivity index (χ0v) is 13.1. The topological polar surface area (TPSA) is 0 Å². The normalized spacial score (nSPS) is 11.2. The molecule has 0 N–H and O–H groups in total. The molecular formula is C20H14Li2. The summed E-state index contributed by atoms with van der Waals surface area (Å²) in [5.41, 5.74) is 6.51. The molecule has 22 heavy (non-hydrogen) atoms. The zero-order chi connectivity index (χ0) is 13.4. The van der Waals surface area contributed by atoms with Gasteiger partial charge in [0.1, 0.15) is 0 Å². The summed E-state index contributed by atoms with van der Waals surface area (Å²) in [7, 11) is 0. The van der Waals surface area contributed by atoms with Crippen LogP contribution < -0.4 is 37.7 Å². The van der Waals surface area contributed by atoms with Crippen LogP contribution in [0.2, 0.25) is 0 Å². The molecule has 0 radical (unpaired) electrons. The summed E-state index contributed by atoms with van der Waals surface area (Å²) in [6, 6.07) is 27.9. The summed E-state index contributed by atoms with van der Waals surface area (Å²) in [6.45, 7) is 0. The summed E-state index contributed by atoms with van der Waals surface area (Å²) in [4.78, 5) is 0. The Kier molecular flexibility index (Phi) is 5.58. The largest absolute Gasteiger partial charge is 1.00 e. The van der Waals surface area contributed by atoms with E-state index in [9.17, 15) is 0 Å². The molecule has 3 aromatic rings. The van der Waals surface area contributed by atoms with Crippen molar-refractivity contribution < 1.29 is 37.7 Å². The molecule has 3 aromatic carbocycles. The second-order valence-electron chi connectivity index (χ2n) is 5.06. The third-order valence-electron chi connectivity index (χ3n) is 3.83. The molecule has 0 saturated carbocycles. The number of rotatable bonds is 1. The summed E-state index contributed by atoms with van der Waals surface area (Å²) in [5.74, 6) is 1.33. The van der Waals surface area contributed by atoms with E-state index in [1.54, 1.807) is 0 Å². The fraction of sp³-hybridized carbons (Fsp3) is 0. The molecule has 0 saturated heterocycles. The molecule has 1 aliphatic rings. The van der Waals surface area contributed by atoms with E-state index < -0.39 is 0 Å². The van der Waals surface area contributed by atoms with Gasteiger partial charge in [0.15, 0.2) is 0 Å². The van der Waals surface area contributed by atoms with E-state index in [1.807, 2.05) is 0 Å². The molecule has 0 unspecified atom stereocenters. The number of fused-ring (bicyclic) bond motifs is 2. The van der Waals surface area contributed by atoms with Crippen molar-refractivity contribution in [2.45, 2.75) is 0 Å². The van der Waals surface area contributed by atoms with E-state index in [0.717, 1.165) is 0 Å². The first-order valence-corrected chi connectivity index (χ1v) is 6.89. The molecule has 0 amide bonds. The minimum atomic E-state index is 0. The molecule has 2 heteroatoms. The molecule has 1 aliphatic carbocycles. The first kappa shape index (κ1) is 17.0. The van der Waals surface area contributed by atoms with Crippen molar-refractivity contribution in [2.24, 2.45) is 0 Å². The molecule has 0 heterocycles. The molecule has 0 aliphatic heterocycles. The van der Waals surface area contributed by atoms with Gasteiger partial charge in [-0.2, -0.15) is 28.7 Å². The third-order valence-corrected chi connectivity index (χ3v) is 3.83. The van der Waals surface area contributed by atoms with Crippen LogP contribution in [0.1, 0.15) is 27.8 Å². The summed E-state index contributed by atoms with van der Waals surface area (Å²) in [5, 5.41) is 0. The predicted molar refractivity (Wildman–Crippen MR) is 82.4 cm³/mol. The molecule has 0 nitrogen and oxygen atoms in total. The minimum Gasteiger partial charge on any atom is -0.174 e. The smallest absolute Gasteiger partial charge is 0.174 e. The first-order valence-electron chi connectivity index (χ1n) is 6.89. The van der Waals surface area contributed by atoms with Crippen LogP contribution in [-0.4, -0.2) is 0 Å². The Labute approximate surface area is 156 Å². The fourth-order valence-electron chi connectivity index (χ4n) is 2.93. The van der Waals surface area contributed by atoms with Crippen LogP contribution in [0.4, 0.5) is 0 Å². The fourth-order valence-corrected chi connectivity index (χ4v) is 2.93. The van der Waals surface area contributed by atoms with Gasteiger partial charge >= 0.3 is 37.7 Å². The van der Waals surface area contributed by atoms with E-state index in [0.29, 0.717) is 0 Å². The summed E-state index contributed by atoms with van der Waals surface area (Å²) in [6.07, 6.45) is 2.27. The van der Waals surface area contributed by atoms with Crippen LogP contribution in [0.15, 0.2) is 78.9 Å². The quantitative estimate of drug-likeness (QED) is 0.295. The van der Waals surface area contributed by atoms with Crippen LogP contribution >= 0.6 is 0 Å². The predicted octanol–water partition coefficient (Wildman–Crippen LogP) is -1.37. The Hall–Kier alpha value is -1.41. The van der Waals surface area contributed by atoms with E-state index in [-0.39, 0.29) is 37.7 Å². The van der Waals surface area contributed by atoms with Crippen LogP contribution in [0.25, 0.3) is 0 Å². The van der Waals surface area contributed by atoms with Gasteiger partial charge in [-0.3, -0.25) is 0 Å². The Balaban J connectivity index is 0.000000882. The molecule has 0 spiro atoms. The van der Waals surface area contributed by atoms with Crippen molar-refractivity contribution in [2.75, 3.05) is 0 Å². The molecule has 96 valence electrons. The van der Waals surface area contributed by atoms with E-state index in [2.05, 4.69) is 85.3 Å². The summed E-state index contributed by atoms with van der Waals surface area (Å²) < 4.78 is 0. The average molecular weight is 268 g/mol. The SMILES string of the molecule is [Li+].[Li+].c1ccc([C-]2c3ccccc3[CH-]c3ccccc32)cc1. The first-order chi connectivity index (χ1) is 9.93. The van der Waals surface area contributed by atoms with Gasteiger partial charge in [0.2, 0.25) is 0 Å². The molecule has 0 atom stereocenters. The van der Waals surface area contributed by atoms with Gasteiger partial charge in [0.05, 0.1) is 0 Å². The molecule has 0 aromatic heterocycles. The monoisotopic (exact) mass is 268 g/mol. The number of benzene rings is 3. The van der Waals surface area contributed by atoms with Crippen molar-refractivity contribution in [1.82, 2.24) is 0 Å². The van der Waals surface area contributed by atoms with Gasteiger partial charge in [0, 0.05) is 0 Å². The third kappa shape index (κ3) is 2.89. The second kappa shape index (κ2) is 7.24.